The maximum Gasteiger partial charge on any atom is 0.287 e. The van der Waals surface area contributed by atoms with E-state index >= 15 is 0 Å². The van der Waals surface area contributed by atoms with Crippen LogP contribution in [0.15, 0.2) is 47.0 Å². The molecule has 0 saturated heterocycles. The standard InChI is InChI=1S/C19H21N3O3/c1-13-5-4-6-16(9-13)24-12-17-7-8-18(25-17)19(23)20-10-15-11-21-22(3)14(15)2/h4-9,11H,10,12H2,1-3H3,(H,20,23). The highest BCUT2D eigenvalue weighted by Crippen LogP contribution is 2.16. The average Bonchev–Trinajstić information content (AvgIpc) is 3.19. The largest absolute Gasteiger partial charge is 0.486 e. The van der Waals surface area contributed by atoms with Gasteiger partial charge in [0.2, 0.25) is 0 Å². The Bertz CT molecular complexity index is 880. The van der Waals surface area contributed by atoms with Crippen LogP contribution in [0.25, 0.3) is 0 Å². The predicted molar refractivity (Wildman–Crippen MR) is 93.3 cm³/mol. The second-order valence-corrected chi connectivity index (χ2v) is 5.93. The van der Waals surface area contributed by atoms with Crippen LogP contribution in [0.5, 0.6) is 5.75 Å². The fraction of sp³-hybridized carbons (Fsp3) is 0.263. The van der Waals surface area contributed by atoms with Gasteiger partial charge in [-0.15, -0.1) is 0 Å². The third-order valence-corrected chi connectivity index (χ3v) is 4.03. The van der Waals surface area contributed by atoms with Gasteiger partial charge >= 0.3 is 0 Å². The summed E-state index contributed by atoms with van der Waals surface area (Å²) in [5, 5.41) is 6.99. The van der Waals surface area contributed by atoms with E-state index in [2.05, 4.69) is 10.4 Å². The van der Waals surface area contributed by atoms with Gasteiger partial charge in [-0.1, -0.05) is 12.1 Å². The van der Waals surface area contributed by atoms with Crippen molar-refractivity contribution in [2.75, 3.05) is 0 Å². The molecule has 25 heavy (non-hydrogen) atoms. The normalized spacial score (nSPS) is 10.7. The third-order valence-electron chi connectivity index (χ3n) is 4.03. The van der Waals surface area contributed by atoms with Gasteiger partial charge in [0, 0.05) is 24.8 Å². The number of aromatic nitrogens is 2. The zero-order valence-electron chi connectivity index (χ0n) is 14.6. The minimum atomic E-state index is -0.259. The van der Waals surface area contributed by atoms with E-state index in [1.807, 2.05) is 45.2 Å². The minimum Gasteiger partial charge on any atom is -0.486 e. The van der Waals surface area contributed by atoms with Crippen molar-refractivity contribution in [3.63, 3.8) is 0 Å². The van der Waals surface area contributed by atoms with E-state index in [-0.39, 0.29) is 18.3 Å². The van der Waals surface area contributed by atoms with Crippen LogP contribution in [0.3, 0.4) is 0 Å². The van der Waals surface area contributed by atoms with Crippen LogP contribution in [-0.2, 0) is 20.2 Å². The number of hydrogen-bond donors (Lipinski definition) is 1. The van der Waals surface area contributed by atoms with Gasteiger partial charge in [0.15, 0.2) is 5.76 Å². The van der Waals surface area contributed by atoms with Crippen molar-refractivity contribution in [1.82, 2.24) is 15.1 Å². The van der Waals surface area contributed by atoms with Crippen molar-refractivity contribution in [2.45, 2.75) is 27.0 Å². The van der Waals surface area contributed by atoms with Crippen molar-refractivity contribution in [3.8, 4) is 5.75 Å². The first-order chi connectivity index (χ1) is 12.0. The van der Waals surface area contributed by atoms with Crippen LogP contribution in [-0.4, -0.2) is 15.7 Å². The van der Waals surface area contributed by atoms with E-state index in [4.69, 9.17) is 9.15 Å². The van der Waals surface area contributed by atoms with Crippen molar-refractivity contribution in [1.29, 1.82) is 0 Å². The van der Waals surface area contributed by atoms with Gasteiger partial charge in [-0.3, -0.25) is 9.48 Å². The molecule has 0 spiro atoms. The summed E-state index contributed by atoms with van der Waals surface area (Å²) in [6, 6.07) is 11.2. The number of amides is 1. The first-order valence-corrected chi connectivity index (χ1v) is 8.07. The highest BCUT2D eigenvalue weighted by molar-refractivity contribution is 5.91. The number of aryl methyl sites for hydroxylation is 2. The zero-order valence-corrected chi connectivity index (χ0v) is 14.6. The molecule has 0 saturated carbocycles. The Balaban J connectivity index is 1.55. The average molecular weight is 339 g/mol. The summed E-state index contributed by atoms with van der Waals surface area (Å²) >= 11 is 0. The van der Waals surface area contributed by atoms with Gasteiger partial charge in [-0.2, -0.15) is 5.10 Å². The molecule has 0 radical (unpaired) electrons. The van der Waals surface area contributed by atoms with Crippen LogP contribution in [0.1, 0.15) is 33.1 Å². The molecule has 0 aliphatic carbocycles. The Kier molecular flexibility index (Phi) is 4.88. The summed E-state index contributed by atoms with van der Waals surface area (Å²) in [4.78, 5) is 12.2. The quantitative estimate of drug-likeness (QED) is 0.749. The number of benzene rings is 1. The highest BCUT2D eigenvalue weighted by atomic mass is 16.5. The zero-order chi connectivity index (χ0) is 17.8. The fourth-order valence-electron chi connectivity index (χ4n) is 2.42. The molecule has 1 amide bonds. The molecule has 3 aromatic rings. The third kappa shape index (κ3) is 4.09. The number of hydrogen-bond acceptors (Lipinski definition) is 4. The lowest BCUT2D eigenvalue weighted by Crippen LogP contribution is -2.22. The summed E-state index contributed by atoms with van der Waals surface area (Å²) in [7, 11) is 1.87. The lowest BCUT2D eigenvalue weighted by molar-refractivity contribution is 0.0919. The van der Waals surface area contributed by atoms with Crippen molar-refractivity contribution >= 4 is 5.91 Å². The predicted octanol–water partition coefficient (Wildman–Crippen LogP) is 3.14. The molecule has 130 valence electrons. The minimum absolute atomic E-state index is 0.259. The molecule has 6 heteroatoms. The van der Waals surface area contributed by atoms with Crippen LogP contribution >= 0.6 is 0 Å². The van der Waals surface area contributed by atoms with Crippen LogP contribution in [0, 0.1) is 13.8 Å². The Morgan fingerprint density at radius 1 is 1.28 bits per heavy atom. The van der Waals surface area contributed by atoms with Crippen LogP contribution in [0.2, 0.25) is 0 Å². The van der Waals surface area contributed by atoms with Crippen LogP contribution in [0.4, 0.5) is 0 Å². The van der Waals surface area contributed by atoms with Gasteiger partial charge in [0.1, 0.15) is 18.1 Å². The van der Waals surface area contributed by atoms with E-state index < -0.39 is 0 Å². The molecular weight excluding hydrogens is 318 g/mol. The van der Waals surface area contributed by atoms with E-state index in [0.717, 1.165) is 22.6 Å². The van der Waals surface area contributed by atoms with E-state index in [0.29, 0.717) is 12.3 Å². The molecule has 2 aromatic heterocycles. The number of rotatable bonds is 6. The summed E-state index contributed by atoms with van der Waals surface area (Å²) in [6.45, 7) is 4.65. The van der Waals surface area contributed by atoms with Gasteiger partial charge in [-0.05, 0) is 43.7 Å². The number of carbonyl (C=O) groups excluding carboxylic acids is 1. The molecule has 0 atom stereocenters. The molecule has 0 fully saturated rings. The van der Waals surface area contributed by atoms with E-state index in [1.165, 1.54) is 0 Å². The van der Waals surface area contributed by atoms with Gasteiger partial charge in [0.05, 0.1) is 6.20 Å². The Morgan fingerprint density at radius 3 is 2.84 bits per heavy atom. The maximum atomic E-state index is 12.2. The van der Waals surface area contributed by atoms with Gasteiger partial charge in [-0.25, -0.2) is 0 Å². The smallest absolute Gasteiger partial charge is 0.287 e. The van der Waals surface area contributed by atoms with Gasteiger partial charge < -0.3 is 14.5 Å². The summed E-state index contributed by atoms with van der Waals surface area (Å²) < 4.78 is 13.0. The summed E-state index contributed by atoms with van der Waals surface area (Å²) in [5.41, 5.74) is 3.13. The Labute approximate surface area is 146 Å². The van der Waals surface area contributed by atoms with Crippen molar-refractivity contribution < 1.29 is 13.9 Å². The summed E-state index contributed by atoms with van der Waals surface area (Å²) in [5.74, 6) is 1.38. The monoisotopic (exact) mass is 339 g/mol. The van der Waals surface area contributed by atoms with E-state index in [9.17, 15) is 4.79 Å². The maximum absolute atomic E-state index is 12.2. The first-order valence-electron chi connectivity index (χ1n) is 8.07. The van der Waals surface area contributed by atoms with E-state index in [1.54, 1.807) is 23.0 Å². The number of ether oxygens (including phenoxy) is 1. The van der Waals surface area contributed by atoms with Crippen molar-refractivity contribution in [2.24, 2.45) is 7.05 Å². The summed E-state index contributed by atoms with van der Waals surface area (Å²) in [6.07, 6.45) is 1.75. The lowest BCUT2D eigenvalue weighted by atomic mass is 10.2. The van der Waals surface area contributed by atoms with Gasteiger partial charge in [0.25, 0.3) is 5.91 Å². The number of nitrogens with zero attached hydrogens (tertiary/aromatic N) is 2. The molecule has 0 aliphatic rings. The molecule has 2 heterocycles. The molecular formula is C19H21N3O3. The molecule has 0 bridgehead atoms. The van der Waals surface area contributed by atoms with Crippen molar-refractivity contribution in [3.05, 3.63) is 70.9 Å². The second kappa shape index (κ2) is 7.25. The highest BCUT2D eigenvalue weighted by Gasteiger charge is 2.12. The molecule has 0 aliphatic heterocycles. The number of carbonyl (C=O) groups is 1. The molecule has 1 aromatic carbocycles. The second-order valence-electron chi connectivity index (χ2n) is 5.93. The molecule has 0 unspecified atom stereocenters. The number of nitrogens with one attached hydrogen (secondary N) is 1. The fourth-order valence-corrected chi connectivity index (χ4v) is 2.42. The number of furan rings is 1. The van der Waals surface area contributed by atoms with Crippen LogP contribution < -0.4 is 10.1 Å². The Hall–Kier alpha value is -3.02. The lowest BCUT2D eigenvalue weighted by Gasteiger charge is -2.05. The molecule has 6 nitrogen and oxygen atoms in total. The molecule has 1 N–H and O–H groups in total. The topological polar surface area (TPSA) is 69.3 Å². The Morgan fingerprint density at radius 2 is 2.12 bits per heavy atom. The SMILES string of the molecule is Cc1cccc(OCc2ccc(C(=O)NCc3cnn(C)c3C)o2)c1. The first kappa shape index (κ1) is 16.8. The molecule has 3 rings (SSSR count).